The van der Waals surface area contributed by atoms with Crippen molar-refractivity contribution in [3.8, 4) is 0 Å². The quantitative estimate of drug-likeness (QED) is 0.852. The fourth-order valence-corrected chi connectivity index (χ4v) is 2.55. The lowest BCUT2D eigenvalue weighted by atomic mass is 9.98. The summed E-state index contributed by atoms with van der Waals surface area (Å²) in [6.07, 6.45) is 1.82. The molecule has 0 unspecified atom stereocenters. The first kappa shape index (κ1) is 16.3. The third kappa shape index (κ3) is 3.56. The van der Waals surface area contributed by atoms with Crippen molar-refractivity contribution in [1.82, 2.24) is 9.97 Å². The van der Waals surface area contributed by atoms with E-state index >= 15 is 0 Å². The van der Waals surface area contributed by atoms with Crippen LogP contribution in [-0.4, -0.2) is 23.1 Å². The number of anilines is 3. The van der Waals surface area contributed by atoms with Gasteiger partial charge in [-0.25, -0.2) is 4.98 Å². The standard InChI is InChI=1S/C18H26N4/c1-6-22(7-2)18-19-12-11-16(21-18)20-17-14(5)9-8-10-15(17)13(3)4/h8-13H,6-7H2,1-5H3,(H,19,20,21). The van der Waals surface area contributed by atoms with Crippen LogP contribution in [0.2, 0.25) is 0 Å². The van der Waals surface area contributed by atoms with Crippen LogP contribution in [-0.2, 0) is 0 Å². The van der Waals surface area contributed by atoms with Gasteiger partial charge in [-0.05, 0) is 43.9 Å². The highest BCUT2D eigenvalue weighted by atomic mass is 15.3. The lowest BCUT2D eigenvalue weighted by Crippen LogP contribution is -2.24. The zero-order chi connectivity index (χ0) is 16.1. The number of hydrogen-bond acceptors (Lipinski definition) is 4. The SMILES string of the molecule is CCN(CC)c1nccc(Nc2c(C)cccc2C(C)C)n1. The molecule has 2 aromatic rings. The summed E-state index contributed by atoms with van der Waals surface area (Å²) in [5.74, 6) is 2.08. The molecule has 0 amide bonds. The Morgan fingerprint density at radius 2 is 1.86 bits per heavy atom. The topological polar surface area (TPSA) is 41.1 Å². The third-order valence-electron chi connectivity index (χ3n) is 3.87. The van der Waals surface area contributed by atoms with Crippen molar-refractivity contribution in [2.75, 3.05) is 23.3 Å². The van der Waals surface area contributed by atoms with Gasteiger partial charge in [0.25, 0.3) is 0 Å². The molecule has 118 valence electrons. The number of rotatable bonds is 6. The Balaban J connectivity index is 2.34. The smallest absolute Gasteiger partial charge is 0.227 e. The third-order valence-corrected chi connectivity index (χ3v) is 3.87. The van der Waals surface area contributed by atoms with Gasteiger partial charge in [0.1, 0.15) is 5.82 Å². The molecule has 1 aromatic carbocycles. The number of hydrogen-bond donors (Lipinski definition) is 1. The fourth-order valence-electron chi connectivity index (χ4n) is 2.55. The number of aryl methyl sites for hydroxylation is 1. The van der Waals surface area contributed by atoms with E-state index < -0.39 is 0 Å². The van der Waals surface area contributed by atoms with Crippen LogP contribution in [0.4, 0.5) is 17.5 Å². The summed E-state index contributed by atoms with van der Waals surface area (Å²) in [6.45, 7) is 12.6. The highest BCUT2D eigenvalue weighted by Crippen LogP contribution is 2.29. The molecular formula is C18H26N4. The number of para-hydroxylation sites is 1. The minimum absolute atomic E-state index is 0.464. The maximum Gasteiger partial charge on any atom is 0.227 e. The summed E-state index contributed by atoms with van der Waals surface area (Å²) >= 11 is 0. The highest BCUT2D eigenvalue weighted by Gasteiger charge is 2.11. The van der Waals surface area contributed by atoms with Crippen LogP contribution >= 0.6 is 0 Å². The molecule has 0 fully saturated rings. The van der Waals surface area contributed by atoms with E-state index in [1.165, 1.54) is 11.1 Å². The van der Waals surface area contributed by atoms with Gasteiger partial charge in [0, 0.05) is 25.0 Å². The zero-order valence-electron chi connectivity index (χ0n) is 14.2. The predicted octanol–water partition coefficient (Wildman–Crippen LogP) is 4.50. The lowest BCUT2D eigenvalue weighted by Gasteiger charge is -2.20. The molecule has 2 rings (SSSR count). The number of nitrogens with zero attached hydrogens (tertiary/aromatic N) is 3. The Morgan fingerprint density at radius 3 is 2.50 bits per heavy atom. The van der Waals surface area contributed by atoms with Crippen LogP contribution < -0.4 is 10.2 Å². The summed E-state index contributed by atoms with van der Waals surface area (Å²) < 4.78 is 0. The summed E-state index contributed by atoms with van der Waals surface area (Å²) in [4.78, 5) is 11.2. The molecule has 22 heavy (non-hydrogen) atoms. The van der Waals surface area contributed by atoms with Crippen LogP contribution in [0.1, 0.15) is 44.7 Å². The Kier molecular flexibility index (Phi) is 5.36. The maximum absolute atomic E-state index is 4.66. The normalized spacial score (nSPS) is 10.8. The molecule has 1 heterocycles. The van der Waals surface area contributed by atoms with E-state index in [2.05, 4.69) is 73.0 Å². The molecule has 0 aliphatic heterocycles. The average molecular weight is 298 g/mol. The Hall–Kier alpha value is -2.10. The molecule has 0 aliphatic carbocycles. The van der Waals surface area contributed by atoms with Crippen molar-refractivity contribution in [3.63, 3.8) is 0 Å². The van der Waals surface area contributed by atoms with Gasteiger partial charge in [-0.3, -0.25) is 0 Å². The predicted molar refractivity (Wildman–Crippen MR) is 94.1 cm³/mol. The van der Waals surface area contributed by atoms with Gasteiger partial charge < -0.3 is 10.2 Å². The minimum atomic E-state index is 0.464. The van der Waals surface area contributed by atoms with Gasteiger partial charge in [-0.15, -0.1) is 0 Å². The molecule has 1 aromatic heterocycles. The first-order valence-electron chi connectivity index (χ1n) is 8.01. The van der Waals surface area contributed by atoms with Crippen molar-refractivity contribution in [2.45, 2.75) is 40.5 Å². The van der Waals surface area contributed by atoms with Gasteiger partial charge in [-0.1, -0.05) is 32.0 Å². The van der Waals surface area contributed by atoms with Crippen LogP contribution in [0.25, 0.3) is 0 Å². The van der Waals surface area contributed by atoms with Crippen molar-refractivity contribution in [1.29, 1.82) is 0 Å². The second-order valence-electron chi connectivity index (χ2n) is 5.73. The lowest BCUT2D eigenvalue weighted by molar-refractivity contribution is 0.822. The zero-order valence-corrected chi connectivity index (χ0v) is 14.2. The van der Waals surface area contributed by atoms with E-state index in [0.717, 1.165) is 30.5 Å². The van der Waals surface area contributed by atoms with Crippen LogP contribution in [0, 0.1) is 6.92 Å². The van der Waals surface area contributed by atoms with Crippen LogP contribution in [0.5, 0.6) is 0 Å². The Morgan fingerprint density at radius 1 is 1.14 bits per heavy atom. The molecule has 4 nitrogen and oxygen atoms in total. The molecule has 0 bridgehead atoms. The number of aromatic nitrogens is 2. The van der Waals surface area contributed by atoms with Gasteiger partial charge >= 0.3 is 0 Å². The van der Waals surface area contributed by atoms with E-state index in [0.29, 0.717) is 5.92 Å². The molecule has 0 aliphatic rings. The van der Waals surface area contributed by atoms with Gasteiger partial charge in [0.15, 0.2) is 0 Å². The minimum Gasteiger partial charge on any atom is -0.341 e. The first-order chi connectivity index (χ1) is 10.6. The largest absolute Gasteiger partial charge is 0.341 e. The van der Waals surface area contributed by atoms with E-state index in [9.17, 15) is 0 Å². The van der Waals surface area contributed by atoms with Crippen LogP contribution in [0.15, 0.2) is 30.5 Å². The second kappa shape index (κ2) is 7.25. The number of benzene rings is 1. The summed E-state index contributed by atoms with van der Waals surface area (Å²) in [5.41, 5.74) is 3.69. The molecule has 0 radical (unpaired) electrons. The van der Waals surface area contributed by atoms with Crippen molar-refractivity contribution < 1.29 is 0 Å². The fraction of sp³-hybridized carbons (Fsp3) is 0.444. The van der Waals surface area contributed by atoms with Gasteiger partial charge in [-0.2, -0.15) is 4.98 Å². The molecule has 0 spiro atoms. The summed E-state index contributed by atoms with van der Waals surface area (Å²) in [6, 6.07) is 8.33. The summed E-state index contributed by atoms with van der Waals surface area (Å²) in [7, 11) is 0. The van der Waals surface area contributed by atoms with Crippen LogP contribution in [0.3, 0.4) is 0 Å². The molecule has 0 atom stereocenters. The monoisotopic (exact) mass is 298 g/mol. The molecule has 1 N–H and O–H groups in total. The van der Waals surface area contributed by atoms with E-state index in [1.807, 2.05) is 12.3 Å². The second-order valence-corrected chi connectivity index (χ2v) is 5.73. The maximum atomic E-state index is 4.66. The Bertz CT molecular complexity index is 618. The number of nitrogens with one attached hydrogen (secondary N) is 1. The van der Waals surface area contributed by atoms with E-state index in [4.69, 9.17) is 0 Å². The van der Waals surface area contributed by atoms with Gasteiger partial charge in [0.05, 0.1) is 0 Å². The van der Waals surface area contributed by atoms with E-state index in [1.54, 1.807) is 0 Å². The first-order valence-corrected chi connectivity index (χ1v) is 8.01. The van der Waals surface area contributed by atoms with Gasteiger partial charge in [0.2, 0.25) is 5.95 Å². The van der Waals surface area contributed by atoms with Crippen molar-refractivity contribution >= 4 is 17.5 Å². The molecular weight excluding hydrogens is 272 g/mol. The van der Waals surface area contributed by atoms with Crippen molar-refractivity contribution in [3.05, 3.63) is 41.6 Å². The van der Waals surface area contributed by atoms with E-state index in [-0.39, 0.29) is 0 Å². The molecule has 0 saturated carbocycles. The summed E-state index contributed by atoms with van der Waals surface area (Å²) in [5, 5.41) is 3.49. The average Bonchev–Trinajstić information content (AvgIpc) is 2.51. The highest BCUT2D eigenvalue weighted by molar-refractivity contribution is 5.66. The molecule has 0 saturated heterocycles. The Labute approximate surface area is 133 Å². The van der Waals surface area contributed by atoms with Crippen molar-refractivity contribution in [2.24, 2.45) is 0 Å². The molecule has 4 heteroatoms.